The minimum Gasteiger partial charge on any atom is -0.354 e. The van der Waals surface area contributed by atoms with Gasteiger partial charge in [-0.05, 0) is 19.9 Å². The molecule has 0 aromatic carbocycles. The summed E-state index contributed by atoms with van der Waals surface area (Å²) in [5, 5.41) is 5.84. The lowest BCUT2D eigenvalue weighted by atomic mass is 10.3. The molecule has 7 heteroatoms. The van der Waals surface area contributed by atoms with E-state index in [2.05, 4.69) is 15.6 Å². The van der Waals surface area contributed by atoms with Crippen LogP contribution in [0.25, 0.3) is 0 Å². The molecule has 0 aliphatic heterocycles. The van der Waals surface area contributed by atoms with Gasteiger partial charge in [-0.3, -0.25) is 9.59 Å². The van der Waals surface area contributed by atoms with Crippen molar-refractivity contribution in [2.45, 2.75) is 26.3 Å². The summed E-state index contributed by atoms with van der Waals surface area (Å²) in [5.74, 6) is -0.450. The molecule has 0 atom stereocenters. The fourth-order valence-electron chi connectivity index (χ4n) is 1.31. The van der Waals surface area contributed by atoms with Crippen LogP contribution in [0.1, 0.15) is 30.8 Å². The van der Waals surface area contributed by atoms with Gasteiger partial charge in [0.1, 0.15) is 10.8 Å². The van der Waals surface area contributed by atoms with Crippen molar-refractivity contribution in [2.24, 2.45) is 0 Å². The molecular formula is C11H15Cl2N3O2. The second-order valence-corrected chi connectivity index (χ2v) is 4.86. The minimum absolute atomic E-state index is 0.0919. The van der Waals surface area contributed by atoms with Gasteiger partial charge in [-0.15, -0.1) is 0 Å². The smallest absolute Gasteiger partial charge is 0.267 e. The highest BCUT2D eigenvalue weighted by Gasteiger charge is 2.11. The molecule has 18 heavy (non-hydrogen) atoms. The second-order valence-electron chi connectivity index (χ2n) is 4.07. The summed E-state index contributed by atoms with van der Waals surface area (Å²) in [7, 11) is 0. The SMILES string of the molecule is CC(C)NC(=O)CCNC(=O)c1cc(Cl)c(Cl)[nH]1. The van der Waals surface area contributed by atoms with Gasteiger partial charge in [-0.1, -0.05) is 23.2 Å². The topological polar surface area (TPSA) is 74.0 Å². The van der Waals surface area contributed by atoms with Crippen LogP contribution in [0.15, 0.2) is 6.07 Å². The van der Waals surface area contributed by atoms with Gasteiger partial charge >= 0.3 is 0 Å². The molecule has 1 rings (SSSR count). The number of hydrogen-bond donors (Lipinski definition) is 3. The van der Waals surface area contributed by atoms with Crippen molar-refractivity contribution in [1.29, 1.82) is 0 Å². The summed E-state index contributed by atoms with van der Waals surface area (Å²) < 4.78 is 0. The van der Waals surface area contributed by atoms with Crippen LogP contribution in [0.3, 0.4) is 0 Å². The van der Waals surface area contributed by atoms with Crippen molar-refractivity contribution in [2.75, 3.05) is 6.54 Å². The maximum atomic E-state index is 11.6. The van der Waals surface area contributed by atoms with Gasteiger partial charge < -0.3 is 15.6 Å². The lowest BCUT2D eigenvalue weighted by molar-refractivity contribution is -0.121. The number of aromatic nitrogens is 1. The summed E-state index contributed by atoms with van der Waals surface area (Å²) in [6.45, 7) is 4.00. The Hall–Kier alpha value is -1.20. The maximum Gasteiger partial charge on any atom is 0.267 e. The van der Waals surface area contributed by atoms with Crippen LogP contribution in [-0.2, 0) is 4.79 Å². The molecule has 100 valence electrons. The summed E-state index contributed by atoms with van der Waals surface area (Å²) in [6.07, 6.45) is 0.228. The van der Waals surface area contributed by atoms with Crippen LogP contribution in [0.4, 0.5) is 0 Å². The molecule has 1 heterocycles. The molecule has 0 spiro atoms. The Morgan fingerprint density at radius 3 is 2.56 bits per heavy atom. The van der Waals surface area contributed by atoms with Crippen molar-refractivity contribution in [3.05, 3.63) is 21.9 Å². The van der Waals surface area contributed by atoms with Crippen LogP contribution in [0.5, 0.6) is 0 Å². The summed E-state index contributed by atoms with van der Waals surface area (Å²) in [5.41, 5.74) is 0.272. The average Bonchev–Trinajstić information content (AvgIpc) is 2.58. The van der Waals surface area contributed by atoms with E-state index in [0.29, 0.717) is 5.02 Å². The highest BCUT2D eigenvalue weighted by Crippen LogP contribution is 2.21. The molecule has 3 N–H and O–H groups in total. The Bertz CT molecular complexity index is 424. The van der Waals surface area contributed by atoms with Crippen molar-refractivity contribution in [1.82, 2.24) is 15.6 Å². The third-order valence-electron chi connectivity index (χ3n) is 2.06. The van der Waals surface area contributed by atoms with Gasteiger partial charge in [0.2, 0.25) is 5.91 Å². The largest absolute Gasteiger partial charge is 0.354 e. The van der Waals surface area contributed by atoms with E-state index in [-0.39, 0.29) is 41.7 Å². The van der Waals surface area contributed by atoms with E-state index in [4.69, 9.17) is 23.2 Å². The highest BCUT2D eigenvalue weighted by atomic mass is 35.5. The number of H-pyrrole nitrogens is 1. The fourth-order valence-corrected chi connectivity index (χ4v) is 1.62. The molecule has 0 saturated heterocycles. The molecule has 1 aromatic heterocycles. The van der Waals surface area contributed by atoms with Crippen molar-refractivity contribution in [3.8, 4) is 0 Å². The van der Waals surface area contributed by atoms with E-state index in [1.165, 1.54) is 6.07 Å². The molecule has 0 fully saturated rings. The van der Waals surface area contributed by atoms with Gasteiger partial charge in [0.15, 0.2) is 0 Å². The van der Waals surface area contributed by atoms with E-state index in [9.17, 15) is 9.59 Å². The predicted octanol–water partition coefficient (Wildman–Crippen LogP) is 1.97. The number of carbonyl (C=O) groups is 2. The Morgan fingerprint density at radius 1 is 1.39 bits per heavy atom. The van der Waals surface area contributed by atoms with Gasteiger partial charge in [-0.25, -0.2) is 0 Å². The van der Waals surface area contributed by atoms with Crippen LogP contribution in [0.2, 0.25) is 10.2 Å². The van der Waals surface area contributed by atoms with Crippen molar-refractivity contribution < 1.29 is 9.59 Å². The van der Waals surface area contributed by atoms with E-state index < -0.39 is 0 Å². The molecule has 5 nitrogen and oxygen atoms in total. The third kappa shape index (κ3) is 4.58. The molecule has 0 saturated carbocycles. The number of amides is 2. The first-order chi connectivity index (χ1) is 8.40. The molecule has 0 aliphatic rings. The lowest BCUT2D eigenvalue weighted by Gasteiger charge is -2.08. The quantitative estimate of drug-likeness (QED) is 0.776. The number of hydrogen-bond acceptors (Lipinski definition) is 2. The summed E-state index contributed by atoms with van der Waals surface area (Å²) >= 11 is 11.4. The van der Waals surface area contributed by atoms with Crippen molar-refractivity contribution >= 4 is 35.0 Å². The number of nitrogens with one attached hydrogen (secondary N) is 3. The number of halogens is 2. The van der Waals surface area contributed by atoms with E-state index in [0.717, 1.165) is 0 Å². The number of aromatic amines is 1. The molecule has 0 radical (unpaired) electrons. The first-order valence-electron chi connectivity index (χ1n) is 5.51. The third-order valence-corrected chi connectivity index (χ3v) is 2.75. The normalized spacial score (nSPS) is 10.5. The first-order valence-corrected chi connectivity index (χ1v) is 6.27. The summed E-state index contributed by atoms with van der Waals surface area (Å²) in [6, 6.07) is 1.53. The van der Waals surface area contributed by atoms with Crippen LogP contribution in [-0.4, -0.2) is 29.4 Å². The number of carbonyl (C=O) groups excluding carboxylic acids is 2. The number of rotatable bonds is 5. The van der Waals surface area contributed by atoms with Crippen LogP contribution >= 0.6 is 23.2 Å². The molecule has 2 amide bonds. The molecular weight excluding hydrogens is 277 g/mol. The first kappa shape index (κ1) is 14.9. The zero-order valence-electron chi connectivity index (χ0n) is 10.1. The zero-order chi connectivity index (χ0) is 13.7. The van der Waals surface area contributed by atoms with Crippen molar-refractivity contribution in [3.63, 3.8) is 0 Å². The highest BCUT2D eigenvalue weighted by molar-refractivity contribution is 6.41. The molecule has 0 aliphatic carbocycles. The Kier molecular flexibility index (Phi) is 5.50. The van der Waals surface area contributed by atoms with E-state index in [1.807, 2.05) is 13.8 Å². The van der Waals surface area contributed by atoms with Gasteiger partial charge in [0.25, 0.3) is 5.91 Å². The summed E-state index contributed by atoms with van der Waals surface area (Å²) in [4.78, 5) is 25.6. The monoisotopic (exact) mass is 291 g/mol. The van der Waals surface area contributed by atoms with Gasteiger partial charge in [-0.2, -0.15) is 0 Å². The molecule has 0 unspecified atom stereocenters. The average molecular weight is 292 g/mol. The Morgan fingerprint density at radius 2 is 2.06 bits per heavy atom. The van der Waals surface area contributed by atoms with Crippen LogP contribution in [0, 0.1) is 0 Å². The predicted molar refractivity (Wildman–Crippen MR) is 71.0 cm³/mol. The molecule has 0 bridgehead atoms. The zero-order valence-corrected chi connectivity index (χ0v) is 11.7. The standard InChI is InChI=1S/C11H15Cl2N3O2/c1-6(2)15-9(17)3-4-14-11(18)8-5-7(12)10(13)16-8/h5-6,16H,3-4H2,1-2H3,(H,14,18)(H,15,17). The fraction of sp³-hybridized carbons (Fsp3) is 0.455. The lowest BCUT2D eigenvalue weighted by Crippen LogP contribution is -2.34. The minimum atomic E-state index is -0.346. The van der Waals surface area contributed by atoms with Gasteiger partial charge in [0, 0.05) is 19.0 Å². The van der Waals surface area contributed by atoms with Gasteiger partial charge in [0.05, 0.1) is 5.02 Å². The van der Waals surface area contributed by atoms with E-state index in [1.54, 1.807) is 0 Å². The van der Waals surface area contributed by atoms with Crippen LogP contribution < -0.4 is 10.6 Å². The maximum absolute atomic E-state index is 11.6. The molecule has 1 aromatic rings. The van der Waals surface area contributed by atoms with E-state index >= 15 is 0 Å². The Labute approximate surface area is 115 Å². The second kappa shape index (κ2) is 6.66. The Balaban J connectivity index is 2.36.